The molecule has 0 N–H and O–H groups in total. The maximum Gasteiger partial charge on any atom is 0.471 e. The molecule has 0 aromatic carbocycles. The first-order chi connectivity index (χ1) is 11.4. The normalized spacial score (nSPS) is 18.0. The number of carbonyl (C=O) groups excluding carboxylic acids is 1. The van der Waals surface area contributed by atoms with Gasteiger partial charge in [0.1, 0.15) is 0 Å². The minimum atomic E-state index is -4.67. The second-order valence-electron chi connectivity index (χ2n) is 5.28. The molecule has 128 valence electrons. The Morgan fingerprint density at radius 3 is 2.79 bits per heavy atom. The summed E-state index contributed by atoms with van der Waals surface area (Å²) in [5.74, 6) is -1.67. The minimum Gasteiger partial charge on any atom is -0.481 e. The van der Waals surface area contributed by atoms with Crippen molar-refractivity contribution in [3.8, 4) is 5.88 Å². The molecule has 0 saturated carbocycles. The second kappa shape index (κ2) is 6.10. The van der Waals surface area contributed by atoms with Gasteiger partial charge in [-0.05, 0) is 12.5 Å². The lowest BCUT2D eigenvalue weighted by molar-refractivity contribution is -0.159. The summed E-state index contributed by atoms with van der Waals surface area (Å²) in [6.07, 6.45) is -2.81. The molecule has 2 aromatic rings. The van der Waals surface area contributed by atoms with Crippen LogP contribution in [0.2, 0.25) is 0 Å². The largest absolute Gasteiger partial charge is 0.481 e. The molecule has 10 heteroatoms. The number of carbonyl (C=O) groups is 1. The van der Waals surface area contributed by atoms with Crippen LogP contribution in [0.25, 0.3) is 0 Å². The highest BCUT2D eigenvalue weighted by Gasteiger charge is 2.40. The van der Waals surface area contributed by atoms with E-state index in [9.17, 15) is 18.0 Å². The lowest BCUT2D eigenvalue weighted by Crippen LogP contribution is -2.28. The molecule has 3 heterocycles. The van der Waals surface area contributed by atoms with E-state index >= 15 is 0 Å². The van der Waals surface area contributed by atoms with Crippen molar-refractivity contribution >= 4 is 5.91 Å². The Balaban J connectivity index is 1.68. The number of hydrogen-bond acceptors (Lipinski definition) is 6. The molecule has 1 aliphatic rings. The van der Waals surface area contributed by atoms with Gasteiger partial charge in [-0.3, -0.25) is 4.79 Å². The molecule has 0 radical (unpaired) electrons. The summed E-state index contributed by atoms with van der Waals surface area (Å²) in [4.78, 5) is 21.3. The lowest BCUT2D eigenvalue weighted by atomic mass is 10.1. The van der Waals surface area contributed by atoms with E-state index in [1.807, 2.05) is 0 Å². The van der Waals surface area contributed by atoms with Gasteiger partial charge in [-0.1, -0.05) is 5.16 Å². The van der Waals surface area contributed by atoms with E-state index in [2.05, 4.69) is 19.6 Å². The van der Waals surface area contributed by atoms with Crippen LogP contribution >= 0.6 is 0 Å². The van der Waals surface area contributed by atoms with E-state index in [0.717, 1.165) is 0 Å². The van der Waals surface area contributed by atoms with Crippen LogP contribution in [0.3, 0.4) is 0 Å². The van der Waals surface area contributed by atoms with Gasteiger partial charge in [0.15, 0.2) is 5.82 Å². The average Bonchev–Trinajstić information content (AvgIpc) is 3.22. The SMILES string of the molecule is COc1ccc(C(=O)N2CCC(c3noc(C(F)(F)F)n3)C2)cn1. The molecule has 0 bridgehead atoms. The van der Waals surface area contributed by atoms with Gasteiger partial charge in [-0.25, -0.2) is 4.98 Å². The number of halogens is 3. The first kappa shape index (κ1) is 16.2. The number of ether oxygens (including phenoxy) is 1. The van der Waals surface area contributed by atoms with Crippen LogP contribution in [-0.4, -0.2) is 46.1 Å². The number of amides is 1. The molecule has 3 rings (SSSR count). The molecule has 0 spiro atoms. The molecular weight excluding hydrogens is 329 g/mol. The smallest absolute Gasteiger partial charge is 0.471 e. The molecule has 24 heavy (non-hydrogen) atoms. The fraction of sp³-hybridized carbons (Fsp3) is 0.429. The number of hydrogen-bond donors (Lipinski definition) is 0. The molecule has 1 saturated heterocycles. The van der Waals surface area contributed by atoms with E-state index in [1.165, 1.54) is 18.2 Å². The fourth-order valence-corrected chi connectivity index (χ4v) is 2.48. The molecule has 0 aliphatic carbocycles. The first-order valence-corrected chi connectivity index (χ1v) is 7.08. The van der Waals surface area contributed by atoms with E-state index < -0.39 is 12.1 Å². The van der Waals surface area contributed by atoms with Crippen molar-refractivity contribution in [1.82, 2.24) is 20.0 Å². The van der Waals surface area contributed by atoms with Crippen molar-refractivity contribution in [2.45, 2.75) is 18.5 Å². The van der Waals surface area contributed by atoms with Crippen LogP contribution in [-0.2, 0) is 6.18 Å². The van der Waals surface area contributed by atoms with Gasteiger partial charge in [0.25, 0.3) is 5.91 Å². The minimum absolute atomic E-state index is 0.0366. The van der Waals surface area contributed by atoms with Crippen molar-refractivity contribution in [2.75, 3.05) is 20.2 Å². The van der Waals surface area contributed by atoms with E-state index in [-0.39, 0.29) is 24.2 Å². The topological polar surface area (TPSA) is 81.4 Å². The van der Waals surface area contributed by atoms with Gasteiger partial charge >= 0.3 is 12.1 Å². The highest BCUT2D eigenvalue weighted by atomic mass is 19.4. The van der Waals surface area contributed by atoms with Crippen molar-refractivity contribution in [1.29, 1.82) is 0 Å². The molecule has 2 aromatic heterocycles. The number of likely N-dealkylation sites (tertiary alicyclic amines) is 1. The molecule has 1 atom stereocenters. The van der Waals surface area contributed by atoms with Gasteiger partial charge in [0, 0.05) is 31.3 Å². The van der Waals surface area contributed by atoms with Crippen LogP contribution in [0.1, 0.15) is 34.4 Å². The second-order valence-corrected chi connectivity index (χ2v) is 5.28. The van der Waals surface area contributed by atoms with Crippen molar-refractivity contribution in [3.05, 3.63) is 35.6 Å². The van der Waals surface area contributed by atoms with Gasteiger partial charge in [-0.2, -0.15) is 18.2 Å². The summed E-state index contributed by atoms with van der Waals surface area (Å²) in [6.45, 7) is 0.618. The monoisotopic (exact) mass is 342 g/mol. The Bertz CT molecular complexity index is 730. The number of rotatable bonds is 3. The predicted octanol–water partition coefficient (Wildman–Crippen LogP) is 2.12. The first-order valence-electron chi connectivity index (χ1n) is 7.08. The van der Waals surface area contributed by atoms with Crippen LogP contribution < -0.4 is 4.74 Å². The predicted molar refractivity (Wildman–Crippen MR) is 73.4 cm³/mol. The van der Waals surface area contributed by atoms with Crippen LogP contribution in [0.5, 0.6) is 5.88 Å². The zero-order valence-electron chi connectivity index (χ0n) is 12.6. The number of aromatic nitrogens is 3. The van der Waals surface area contributed by atoms with Gasteiger partial charge < -0.3 is 14.2 Å². The van der Waals surface area contributed by atoms with Crippen molar-refractivity contribution in [3.63, 3.8) is 0 Å². The molecule has 7 nitrogen and oxygen atoms in total. The third kappa shape index (κ3) is 3.17. The Hall–Kier alpha value is -2.65. The average molecular weight is 342 g/mol. The summed E-state index contributed by atoms with van der Waals surface area (Å²) in [5, 5.41) is 3.38. The van der Waals surface area contributed by atoms with Crippen LogP contribution in [0.15, 0.2) is 22.9 Å². The highest BCUT2D eigenvalue weighted by Crippen LogP contribution is 2.31. The van der Waals surface area contributed by atoms with E-state index in [1.54, 1.807) is 12.1 Å². The van der Waals surface area contributed by atoms with E-state index in [0.29, 0.717) is 24.4 Å². The van der Waals surface area contributed by atoms with E-state index in [4.69, 9.17) is 4.74 Å². The number of methoxy groups -OCH3 is 1. The summed E-state index contributed by atoms with van der Waals surface area (Å²) in [7, 11) is 1.47. The number of pyridine rings is 1. The van der Waals surface area contributed by atoms with Crippen LogP contribution in [0.4, 0.5) is 13.2 Å². The third-order valence-corrected chi connectivity index (χ3v) is 3.72. The van der Waals surface area contributed by atoms with Crippen molar-refractivity contribution < 1.29 is 27.2 Å². The molecule has 1 fully saturated rings. The van der Waals surface area contributed by atoms with Crippen LogP contribution in [0, 0.1) is 0 Å². The molecule has 1 unspecified atom stereocenters. The summed E-state index contributed by atoms with van der Waals surface area (Å²) in [5.41, 5.74) is 0.376. The Morgan fingerprint density at radius 1 is 1.42 bits per heavy atom. The summed E-state index contributed by atoms with van der Waals surface area (Å²) in [6, 6.07) is 3.15. The maximum absolute atomic E-state index is 12.5. The fourth-order valence-electron chi connectivity index (χ4n) is 2.48. The van der Waals surface area contributed by atoms with Crippen molar-refractivity contribution in [2.24, 2.45) is 0 Å². The zero-order chi connectivity index (χ0) is 17.3. The lowest BCUT2D eigenvalue weighted by Gasteiger charge is -2.15. The molecule has 1 amide bonds. The highest BCUT2D eigenvalue weighted by molar-refractivity contribution is 5.94. The van der Waals surface area contributed by atoms with Gasteiger partial charge in [-0.15, -0.1) is 0 Å². The quantitative estimate of drug-likeness (QED) is 0.850. The Labute approximate surface area is 134 Å². The van der Waals surface area contributed by atoms with Gasteiger partial charge in [0.05, 0.1) is 12.7 Å². The maximum atomic E-state index is 12.5. The summed E-state index contributed by atoms with van der Waals surface area (Å²) >= 11 is 0. The van der Waals surface area contributed by atoms with Gasteiger partial charge in [0.2, 0.25) is 5.88 Å². The molecular formula is C14H13F3N4O3. The Morgan fingerprint density at radius 2 is 2.21 bits per heavy atom. The summed E-state index contributed by atoms with van der Waals surface area (Å²) < 4.78 is 46.7. The number of nitrogens with zero attached hydrogens (tertiary/aromatic N) is 4. The standard InChI is InChI=1S/C14H13F3N4O3/c1-23-10-3-2-8(6-18-10)12(22)21-5-4-9(7-21)11-19-13(24-20-11)14(15,16)17/h2-3,6,9H,4-5,7H2,1H3. The Kier molecular flexibility index (Phi) is 4.12. The zero-order valence-corrected chi connectivity index (χ0v) is 12.6. The molecule has 1 aliphatic heterocycles. The third-order valence-electron chi connectivity index (χ3n) is 3.72. The number of alkyl halides is 3.